The quantitative estimate of drug-likeness (QED) is 0.624. The topological polar surface area (TPSA) is 102 Å². The van der Waals surface area contributed by atoms with Crippen LogP contribution in [0.4, 0.5) is 15.0 Å². The summed E-state index contributed by atoms with van der Waals surface area (Å²) in [5, 5.41) is 7.07. The van der Waals surface area contributed by atoms with Crippen LogP contribution in [0.1, 0.15) is 41.1 Å². The van der Waals surface area contributed by atoms with Gasteiger partial charge in [-0.3, -0.25) is 9.78 Å². The summed E-state index contributed by atoms with van der Waals surface area (Å²) in [4.78, 5) is 35.5. The highest BCUT2D eigenvalue weighted by Gasteiger charge is 2.38. The first-order valence-corrected chi connectivity index (χ1v) is 9.27. The van der Waals surface area contributed by atoms with Crippen LogP contribution >= 0.6 is 0 Å². The number of carbonyl (C=O) groups is 2. The summed E-state index contributed by atoms with van der Waals surface area (Å²) < 4.78 is 20.9. The number of rotatable bonds is 0. The Bertz CT molecular complexity index is 1150. The first kappa shape index (κ1) is 17.5. The number of pyridine rings is 1. The zero-order valence-corrected chi connectivity index (χ0v) is 15.5. The fourth-order valence-corrected chi connectivity index (χ4v) is 3.66. The Kier molecular flexibility index (Phi) is 3.93. The zero-order valence-electron chi connectivity index (χ0n) is 15.5. The van der Waals surface area contributed by atoms with Crippen LogP contribution in [0.3, 0.4) is 0 Å². The zero-order chi connectivity index (χ0) is 20.1. The van der Waals surface area contributed by atoms with Crippen molar-refractivity contribution in [3.05, 3.63) is 53.4 Å². The molecule has 148 valence electrons. The van der Waals surface area contributed by atoms with E-state index in [1.807, 2.05) is 6.92 Å². The summed E-state index contributed by atoms with van der Waals surface area (Å²) in [5.41, 5.74) is 1.57. The maximum absolute atomic E-state index is 14.3. The SMILES string of the molecule is C[C@@H]1CCc2cc(F)cc(n2)C2COC(=O)N2c2ccn3ncc(c3n2)C(=O)N1. The minimum absolute atomic E-state index is 0.0323. The van der Waals surface area contributed by atoms with Crippen molar-refractivity contribution in [3.8, 4) is 0 Å². The third-order valence-corrected chi connectivity index (χ3v) is 5.13. The molecule has 1 saturated heterocycles. The molecule has 4 bridgehead atoms. The lowest BCUT2D eigenvalue weighted by Crippen LogP contribution is -2.33. The first-order valence-electron chi connectivity index (χ1n) is 9.27. The highest BCUT2D eigenvalue weighted by Crippen LogP contribution is 2.32. The molecule has 0 saturated carbocycles. The number of ether oxygens (including phenoxy) is 1. The molecule has 2 atom stereocenters. The third kappa shape index (κ3) is 2.96. The molecular formula is C19H17FN6O3. The van der Waals surface area contributed by atoms with Gasteiger partial charge in [-0.05, 0) is 38.0 Å². The lowest BCUT2D eigenvalue weighted by atomic mass is 10.1. The molecule has 0 spiro atoms. The second-order valence-electron chi connectivity index (χ2n) is 7.19. The van der Waals surface area contributed by atoms with Crippen molar-refractivity contribution < 1.29 is 18.7 Å². The maximum Gasteiger partial charge on any atom is 0.416 e. The number of anilines is 1. The number of nitrogens with zero attached hydrogens (tertiary/aromatic N) is 5. The van der Waals surface area contributed by atoms with Crippen molar-refractivity contribution in [2.24, 2.45) is 0 Å². The van der Waals surface area contributed by atoms with E-state index in [-0.39, 0.29) is 24.4 Å². The molecule has 3 aromatic heterocycles. The van der Waals surface area contributed by atoms with Crippen LogP contribution < -0.4 is 10.2 Å². The minimum Gasteiger partial charge on any atom is -0.446 e. The van der Waals surface area contributed by atoms with Crippen molar-refractivity contribution >= 4 is 23.5 Å². The van der Waals surface area contributed by atoms with Crippen molar-refractivity contribution in [2.45, 2.75) is 31.8 Å². The molecule has 0 radical (unpaired) electrons. The number of cyclic esters (lactones) is 1. The number of fused-ring (bicyclic) bond motifs is 6. The summed E-state index contributed by atoms with van der Waals surface area (Å²) in [6.07, 6.45) is 3.49. The van der Waals surface area contributed by atoms with Crippen LogP contribution in [-0.2, 0) is 11.2 Å². The lowest BCUT2D eigenvalue weighted by molar-refractivity contribution is 0.0939. The van der Waals surface area contributed by atoms with Gasteiger partial charge in [0.05, 0.1) is 11.9 Å². The van der Waals surface area contributed by atoms with Crippen LogP contribution in [0.25, 0.3) is 5.65 Å². The molecule has 1 unspecified atom stereocenters. The predicted octanol–water partition coefficient (Wildman–Crippen LogP) is 2.03. The van der Waals surface area contributed by atoms with Crippen molar-refractivity contribution in [1.29, 1.82) is 0 Å². The van der Waals surface area contributed by atoms with Gasteiger partial charge < -0.3 is 10.1 Å². The summed E-state index contributed by atoms with van der Waals surface area (Å²) in [6, 6.07) is 3.49. The average Bonchev–Trinajstić information content (AvgIpc) is 3.28. The largest absolute Gasteiger partial charge is 0.446 e. The summed E-state index contributed by atoms with van der Waals surface area (Å²) in [7, 11) is 0. The Morgan fingerprint density at radius 2 is 2.14 bits per heavy atom. The molecular weight excluding hydrogens is 379 g/mol. The summed E-state index contributed by atoms with van der Waals surface area (Å²) in [5.74, 6) is -0.477. The van der Waals surface area contributed by atoms with Crippen LogP contribution in [0.5, 0.6) is 0 Å². The van der Waals surface area contributed by atoms with Crippen LogP contribution in [0, 0.1) is 5.82 Å². The molecule has 5 heterocycles. The number of halogens is 1. The van der Waals surface area contributed by atoms with Crippen LogP contribution in [0.15, 0.2) is 30.6 Å². The van der Waals surface area contributed by atoms with Crippen LogP contribution in [0.2, 0.25) is 0 Å². The number of hydrogen-bond donors (Lipinski definition) is 1. The van der Waals surface area contributed by atoms with Gasteiger partial charge in [-0.2, -0.15) is 5.10 Å². The van der Waals surface area contributed by atoms with Gasteiger partial charge in [-0.1, -0.05) is 0 Å². The standard InChI is InChI=1S/C19H17FN6O3/c1-10-2-3-12-6-11(20)7-14(23-12)15-9-29-19(28)26(15)16-4-5-25-17(24-16)13(8-21-25)18(27)22-10/h4-8,10,15H,2-3,9H2,1H3,(H,22,27)/t10-,15?/m1/s1. The number of aromatic nitrogens is 4. The molecule has 0 aliphatic carbocycles. The molecule has 3 aromatic rings. The molecule has 0 aromatic carbocycles. The highest BCUT2D eigenvalue weighted by molar-refractivity contribution is 6.00. The second kappa shape index (κ2) is 6.50. The van der Waals surface area contributed by atoms with E-state index in [2.05, 4.69) is 20.4 Å². The molecule has 9 nitrogen and oxygen atoms in total. The van der Waals surface area contributed by atoms with E-state index in [1.54, 1.807) is 12.3 Å². The maximum atomic E-state index is 14.3. The smallest absolute Gasteiger partial charge is 0.416 e. The van der Waals surface area contributed by atoms with Crippen molar-refractivity contribution in [1.82, 2.24) is 24.9 Å². The van der Waals surface area contributed by atoms with E-state index in [4.69, 9.17) is 4.74 Å². The van der Waals surface area contributed by atoms with Gasteiger partial charge in [-0.25, -0.2) is 23.6 Å². The highest BCUT2D eigenvalue weighted by atomic mass is 19.1. The number of aryl methyl sites for hydroxylation is 1. The van der Waals surface area contributed by atoms with Gasteiger partial charge in [0, 0.05) is 17.9 Å². The van der Waals surface area contributed by atoms with Crippen molar-refractivity contribution in [3.63, 3.8) is 0 Å². The Morgan fingerprint density at radius 3 is 3.00 bits per heavy atom. The van der Waals surface area contributed by atoms with Gasteiger partial charge in [0.25, 0.3) is 5.91 Å². The number of nitrogens with one attached hydrogen (secondary N) is 1. The van der Waals surface area contributed by atoms with Gasteiger partial charge in [0.1, 0.15) is 29.8 Å². The normalized spacial score (nSPS) is 21.7. The van der Waals surface area contributed by atoms with Gasteiger partial charge in [0.15, 0.2) is 5.65 Å². The Balaban J connectivity index is 1.70. The summed E-state index contributed by atoms with van der Waals surface area (Å²) >= 11 is 0. The number of hydrogen-bond acceptors (Lipinski definition) is 6. The fourth-order valence-electron chi connectivity index (χ4n) is 3.66. The van der Waals surface area contributed by atoms with E-state index < -0.39 is 18.0 Å². The van der Waals surface area contributed by atoms with Gasteiger partial charge in [-0.15, -0.1) is 0 Å². The van der Waals surface area contributed by atoms with E-state index in [0.29, 0.717) is 35.4 Å². The predicted molar refractivity (Wildman–Crippen MR) is 99.0 cm³/mol. The Hall–Kier alpha value is -3.56. The Morgan fingerprint density at radius 1 is 1.28 bits per heavy atom. The monoisotopic (exact) mass is 396 g/mol. The minimum atomic E-state index is -0.618. The average molecular weight is 396 g/mol. The fraction of sp³-hybridized carbons (Fsp3) is 0.316. The third-order valence-electron chi connectivity index (χ3n) is 5.13. The molecule has 5 rings (SSSR count). The van der Waals surface area contributed by atoms with E-state index in [9.17, 15) is 14.0 Å². The van der Waals surface area contributed by atoms with E-state index >= 15 is 0 Å². The van der Waals surface area contributed by atoms with E-state index in [1.165, 1.54) is 27.7 Å². The Labute approximate surface area is 164 Å². The van der Waals surface area contributed by atoms with Crippen LogP contribution in [-0.4, -0.2) is 44.2 Å². The second-order valence-corrected chi connectivity index (χ2v) is 7.19. The number of amides is 2. The first-order chi connectivity index (χ1) is 14.0. The van der Waals surface area contributed by atoms with Crippen molar-refractivity contribution in [2.75, 3.05) is 11.5 Å². The van der Waals surface area contributed by atoms with E-state index in [0.717, 1.165) is 0 Å². The molecule has 29 heavy (non-hydrogen) atoms. The lowest BCUT2D eigenvalue weighted by Gasteiger charge is -2.21. The molecule has 2 aliphatic heterocycles. The molecule has 2 amide bonds. The summed E-state index contributed by atoms with van der Waals surface area (Å²) in [6.45, 7) is 1.91. The van der Waals surface area contributed by atoms with Gasteiger partial charge in [0.2, 0.25) is 0 Å². The molecule has 10 heteroatoms. The molecule has 2 aliphatic rings. The van der Waals surface area contributed by atoms with Gasteiger partial charge >= 0.3 is 6.09 Å². The molecule has 1 fully saturated rings. The number of carbonyl (C=O) groups excluding carboxylic acids is 2. The molecule has 1 N–H and O–H groups in total.